The number of carbonyl (C=O) groups is 1. The molecule has 2 rings (SSSR count). The third-order valence-electron chi connectivity index (χ3n) is 2.99. The van der Waals surface area contributed by atoms with E-state index in [4.69, 9.17) is 9.84 Å². The highest BCUT2D eigenvalue weighted by molar-refractivity contribution is 5.85. The van der Waals surface area contributed by atoms with Crippen LogP contribution in [0.15, 0.2) is 30.3 Å². The Labute approximate surface area is 113 Å². The van der Waals surface area contributed by atoms with Crippen LogP contribution in [0.4, 0.5) is 0 Å². The number of carboxylic acid groups (broad SMARTS) is 1. The summed E-state index contributed by atoms with van der Waals surface area (Å²) >= 11 is 0. The lowest BCUT2D eigenvalue weighted by atomic mass is 10.0. The molecule has 0 amide bonds. The molecule has 0 spiro atoms. The smallest absolute Gasteiger partial charge is 0.317 e. The van der Waals surface area contributed by atoms with Crippen LogP contribution >= 0.6 is 12.4 Å². The van der Waals surface area contributed by atoms with Gasteiger partial charge in [-0.25, -0.2) is 0 Å². The van der Waals surface area contributed by atoms with E-state index in [0.717, 1.165) is 5.56 Å². The molecule has 0 bridgehead atoms. The molecule has 1 aliphatic rings. The van der Waals surface area contributed by atoms with Crippen molar-refractivity contribution in [1.29, 1.82) is 0 Å². The van der Waals surface area contributed by atoms with Crippen molar-refractivity contribution in [3.05, 3.63) is 35.9 Å². The van der Waals surface area contributed by atoms with Crippen LogP contribution < -0.4 is 0 Å². The molecule has 0 saturated carbocycles. The van der Waals surface area contributed by atoms with Gasteiger partial charge < -0.3 is 9.84 Å². The molecular formula is C13H18ClNO3. The number of rotatable bonds is 3. The molecule has 0 aromatic heterocycles. The summed E-state index contributed by atoms with van der Waals surface area (Å²) in [5.41, 5.74) is 1.11. The predicted octanol–water partition coefficient (Wildman–Crippen LogP) is 1.95. The topological polar surface area (TPSA) is 49.8 Å². The summed E-state index contributed by atoms with van der Waals surface area (Å²) in [5.74, 6) is -0.792. The summed E-state index contributed by atoms with van der Waals surface area (Å²) in [4.78, 5) is 12.8. The van der Waals surface area contributed by atoms with Gasteiger partial charge in [-0.05, 0) is 12.5 Å². The summed E-state index contributed by atoms with van der Waals surface area (Å²) in [6, 6.07) is 9.96. The van der Waals surface area contributed by atoms with Crippen molar-refractivity contribution in [2.45, 2.75) is 19.1 Å². The van der Waals surface area contributed by atoms with Crippen molar-refractivity contribution < 1.29 is 14.6 Å². The Morgan fingerprint density at radius 3 is 2.72 bits per heavy atom. The van der Waals surface area contributed by atoms with E-state index in [0.29, 0.717) is 13.2 Å². The van der Waals surface area contributed by atoms with Crippen molar-refractivity contribution >= 4 is 18.4 Å². The Morgan fingerprint density at radius 2 is 2.11 bits per heavy atom. The van der Waals surface area contributed by atoms with E-state index in [2.05, 4.69) is 0 Å². The zero-order valence-corrected chi connectivity index (χ0v) is 11.1. The van der Waals surface area contributed by atoms with Crippen LogP contribution in [0.1, 0.15) is 18.5 Å². The molecule has 0 aliphatic carbocycles. The van der Waals surface area contributed by atoms with E-state index < -0.39 is 5.97 Å². The molecule has 5 heteroatoms. The van der Waals surface area contributed by atoms with Crippen molar-refractivity contribution in [2.75, 3.05) is 19.7 Å². The minimum atomic E-state index is -0.792. The van der Waals surface area contributed by atoms with E-state index in [1.807, 2.05) is 42.2 Å². The van der Waals surface area contributed by atoms with Crippen LogP contribution in [0.25, 0.3) is 0 Å². The van der Waals surface area contributed by atoms with Crippen LogP contribution in [0.2, 0.25) is 0 Å². The summed E-state index contributed by atoms with van der Waals surface area (Å²) < 4.78 is 5.62. The standard InChI is InChI=1S/C13H17NO3.ClH/c1-10-7-14(8-13(15)16)12(9-17-10)11-5-3-2-4-6-11;/h2-6,10,12H,7-9H2,1H3,(H,15,16);1H. The van der Waals surface area contributed by atoms with Crippen molar-refractivity contribution in [3.8, 4) is 0 Å². The highest BCUT2D eigenvalue weighted by Gasteiger charge is 2.29. The number of hydrogen-bond donors (Lipinski definition) is 1. The van der Waals surface area contributed by atoms with Gasteiger partial charge in [0.1, 0.15) is 0 Å². The van der Waals surface area contributed by atoms with Gasteiger partial charge in [0, 0.05) is 6.54 Å². The first-order valence-electron chi connectivity index (χ1n) is 5.79. The largest absolute Gasteiger partial charge is 0.480 e. The molecule has 2 unspecified atom stereocenters. The summed E-state index contributed by atoms with van der Waals surface area (Å²) in [7, 11) is 0. The monoisotopic (exact) mass is 271 g/mol. The molecule has 1 aromatic rings. The second-order valence-corrected chi connectivity index (χ2v) is 4.39. The third kappa shape index (κ3) is 3.70. The molecule has 100 valence electrons. The van der Waals surface area contributed by atoms with Gasteiger partial charge in [0.15, 0.2) is 0 Å². The van der Waals surface area contributed by atoms with Crippen LogP contribution in [0, 0.1) is 0 Å². The SMILES string of the molecule is CC1CN(CC(=O)O)C(c2ccccc2)CO1.Cl. The van der Waals surface area contributed by atoms with E-state index in [-0.39, 0.29) is 31.1 Å². The van der Waals surface area contributed by atoms with Gasteiger partial charge in [0.25, 0.3) is 0 Å². The van der Waals surface area contributed by atoms with Gasteiger partial charge in [-0.3, -0.25) is 9.69 Å². The van der Waals surface area contributed by atoms with Crippen molar-refractivity contribution in [1.82, 2.24) is 4.90 Å². The number of morpholine rings is 1. The lowest BCUT2D eigenvalue weighted by Crippen LogP contribution is -2.45. The molecule has 18 heavy (non-hydrogen) atoms. The van der Waals surface area contributed by atoms with Crippen LogP contribution in [0.3, 0.4) is 0 Å². The maximum atomic E-state index is 10.9. The number of hydrogen-bond acceptors (Lipinski definition) is 3. The molecule has 4 nitrogen and oxygen atoms in total. The average molecular weight is 272 g/mol. The normalized spacial score (nSPS) is 24.3. The van der Waals surface area contributed by atoms with Crippen LogP contribution in [0.5, 0.6) is 0 Å². The minimum Gasteiger partial charge on any atom is -0.480 e. The third-order valence-corrected chi connectivity index (χ3v) is 2.99. The zero-order chi connectivity index (χ0) is 12.3. The van der Waals surface area contributed by atoms with Crippen LogP contribution in [-0.2, 0) is 9.53 Å². The van der Waals surface area contributed by atoms with E-state index in [1.165, 1.54) is 0 Å². The summed E-state index contributed by atoms with van der Waals surface area (Å²) in [5, 5.41) is 8.93. The number of carboxylic acids is 1. The first-order valence-corrected chi connectivity index (χ1v) is 5.79. The van der Waals surface area contributed by atoms with E-state index in [9.17, 15) is 4.79 Å². The lowest BCUT2D eigenvalue weighted by molar-refractivity contribution is -0.142. The molecule has 1 aromatic carbocycles. The Bertz CT molecular complexity index is 385. The summed E-state index contributed by atoms with van der Waals surface area (Å²) in [6.07, 6.45) is 0.0920. The van der Waals surface area contributed by atoms with Gasteiger partial charge in [-0.15, -0.1) is 12.4 Å². The van der Waals surface area contributed by atoms with E-state index >= 15 is 0 Å². The molecule has 1 N–H and O–H groups in total. The highest BCUT2D eigenvalue weighted by Crippen LogP contribution is 2.25. The minimum absolute atomic E-state index is 0. The van der Waals surface area contributed by atoms with Crippen molar-refractivity contribution in [2.24, 2.45) is 0 Å². The lowest BCUT2D eigenvalue weighted by Gasteiger charge is -2.37. The molecule has 1 aliphatic heterocycles. The Kier molecular flexibility index (Phi) is 5.59. The number of nitrogens with zero attached hydrogens (tertiary/aromatic N) is 1. The number of benzene rings is 1. The van der Waals surface area contributed by atoms with Gasteiger partial charge in [-0.1, -0.05) is 30.3 Å². The molecule has 2 atom stereocenters. The Morgan fingerprint density at radius 1 is 1.44 bits per heavy atom. The maximum absolute atomic E-state index is 10.9. The maximum Gasteiger partial charge on any atom is 0.317 e. The molecule has 1 heterocycles. The number of ether oxygens (including phenoxy) is 1. The average Bonchev–Trinajstić information content (AvgIpc) is 2.29. The van der Waals surface area contributed by atoms with Gasteiger partial charge in [-0.2, -0.15) is 0 Å². The fraction of sp³-hybridized carbons (Fsp3) is 0.462. The van der Waals surface area contributed by atoms with Gasteiger partial charge in [0.05, 0.1) is 25.3 Å². The number of aliphatic carboxylic acids is 1. The summed E-state index contributed by atoms with van der Waals surface area (Å²) in [6.45, 7) is 3.24. The fourth-order valence-corrected chi connectivity index (χ4v) is 2.20. The predicted molar refractivity (Wildman–Crippen MR) is 71.1 cm³/mol. The van der Waals surface area contributed by atoms with Crippen LogP contribution in [-0.4, -0.2) is 41.8 Å². The first kappa shape index (κ1) is 15.0. The Hall–Kier alpha value is -1.10. The molecule has 1 saturated heterocycles. The highest BCUT2D eigenvalue weighted by atomic mass is 35.5. The van der Waals surface area contributed by atoms with Gasteiger partial charge in [0.2, 0.25) is 0 Å². The molecule has 0 radical (unpaired) electrons. The Balaban J connectivity index is 0.00000162. The fourth-order valence-electron chi connectivity index (χ4n) is 2.20. The van der Waals surface area contributed by atoms with Gasteiger partial charge >= 0.3 is 5.97 Å². The zero-order valence-electron chi connectivity index (χ0n) is 10.3. The molecular weight excluding hydrogens is 254 g/mol. The molecule has 1 fully saturated rings. The number of halogens is 1. The second-order valence-electron chi connectivity index (χ2n) is 4.39. The van der Waals surface area contributed by atoms with E-state index in [1.54, 1.807) is 0 Å². The van der Waals surface area contributed by atoms with Crippen molar-refractivity contribution in [3.63, 3.8) is 0 Å². The second kappa shape index (κ2) is 6.73. The first-order chi connectivity index (χ1) is 8.16. The quantitative estimate of drug-likeness (QED) is 0.913.